The van der Waals surface area contributed by atoms with Crippen LogP contribution in [0.1, 0.15) is 53.0 Å². The van der Waals surface area contributed by atoms with E-state index in [0.29, 0.717) is 30.0 Å². The van der Waals surface area contributed by atoms with Crippen molar-refractivity contribution < 1.29 is 9.53 Å². The minimum absolute atomic E-state index is 0.0843. The number of anilines is 1. The van der Waals surface area contributed by atoms with Gasteiger partial charge in [-0.2, -0.15) is 5.26 Å². The molecule has 0 spiro atoms. The fourth-order valence-electron chi connectivity index (χ4n) is 5.59. The zero-order valence-corrected chi connectivity index (χ0v) is 23.4. The predicted molar refractivity (Wildman–Crippen MR) is 153 cm³/mol. The molecule has 38 heavy (non-hydrogen) atoms. The van der Waals surface area contributed by atoms with E-state index in [1.54, 1.807) is 0 Å². The van der Waals surface area contributed by atoms with E-state index in [1.807, 2.05) is 74.2 Å². The highest BCUT2D eigenvalue weighted by atomic mass is 79.9. The predicted octanol–water partition coefficient (Wildman–Crippen LogP) is 7.26. The topological polar surface area (TPSA) is 79.3 Å². The molecule has 6 heteroatoms. The highest BCUT2D eigenvalue weighted by Gasteiger charge is 2.41. The van der Waals surface area contributed by atoms with E-state index in [1.165, 1.54) is 0 Å². The van der Waals surface area contributed by atoms with Crippen molar-refractivity contribution in [2.45, 2.75) is 52.6 Å². The Morgan fingerprint density at radius 1 is 1.05 bits per heavy atom. The fraction of sp³-hybridized carbons (Fsp3) is 0.250. The number of Topliss-reactive ketones (excluding diaryl/α,β-unsaturated/α-hetero) is 1. The van der Waals surface area contributed by atoms with Crippen molar-refractivity contribution in [1.29, 1.82) is 5.26 Å². The van der Waals surface area contributed by atoms with Crippen molar-refractivity contribution in [3.8, 4) is 11.8 Å². The van der Waals surface area contributed by atoms with Crippen molar-refractivity contribution in [2.75, 3.05) is 4.90 Å². The average molecular weight is 569 g/mol. The zero-order valence-electron chi connectivity index (χ0n) is 21.8. The lowest BCUT2D eigenvalue weighted by atomic mass is 9.73. The van der Waals surface area contributed by atoms with Gasteiger partial charge in [0.15, 0.2) is 5.78 Å². The standard InChI is InChI=1S/C32H30BrN3O2/c1-19-8-6-9-23(15-19)36-27-11-7-12-28(37)31(27)30(25(17-34)32(36)35)24-16-20(2)14-22(21(24)3)18-38-29-13-5-4-10-26(29)33/h4-6,8-10,13-16,30H,7,11-12,18,35H2,1-3H3. The molecule has 3 aromatic rings. The molecular formula is C32H30BrN3O2. The van der Waals surface area contributed by atoms with Crippen LogP contribution in [0.5, 0.6) is 5.75 Å². The number of hydrogen-bond acceptors (Lipinski definition) is 5. The summed E-state index contributed by atoms with van der Waals surface area (Å²) in [5, 5.41) is 10.4. The molecule has 0 amide bonds. The van der Waals surface area contributed by atoms with Crippen molar-refractivity contribution >= 4 is 27.4 Å². The number of carbonyl (C=O) groups is 1. The average Bonchev–Trinajstić information content (AvgIpc) is 2.89. The van der Waals surface area contributed by atoms with E-state index in [9.17, 15) is 10.1 Å². The van der Waals surface area contributed by atoms with Gasteiger partial charge in [-0.05, 0) is 96.1 Å². The minimum atomic E-state index is -0.508. The quantitative estimate of drug-likeness (QED) is 0.351. The molecule has 0 fully saturated rings. The number of rotatable bonds is 5. The van der Waals surface area contributed by atoms with Crippen LogP contribution in [0, 0.1) is 32.1 Å². The third kappa shape index (κ3) is 4.63. The lowest BCUT2D eigenvalue weighted by molar-refractivity contribution is -0.116. The first-order valence-electron chi connectivity index (χ1n) is 12.8. The number of nitrogens with two attached hydrogens (primary N) is 1. The van der Waals surface area contributed by atoms with Gasteiger partial charge >= 0.3 is 0 Å². The van der Waals surface area contributed by atoms with Crippen molar-refractivity contribution in [2.24, 2.45) is 5.73 Å². The summed E-state index contributed by atoms with van der Waals surface area (Å²) in [5.41, 5.74) is 14.7. The van der Waals surface area contributed by atoms with Gasteiger partial charge in [0, 0.05) is 23.4 Å². The maximum Gasteiger partial charge on any atom is 0.161 e. The summed E-state index contributed by atoms with van der Waals surface area (Å²) in [5.74, 6) is 0.728. The molecule has 2 N–H and O–H groups in total. The Morgan fingerprint density at radius 2 is 1.84 bits per heavy atom. The molecule has 3 aromatic carbocycles. The molecule has 1 aliphatic carbocycles. The van der Waals surface area contributed by atoms with Gasteiger partial charge in [0.25, 0.3) is 0 Å². The third-order valence-electron chi connectivity index (χ3n) is 7.40. The van der Waals surface area contributed by atoms with Crippen LogP contribution in [-0.2, 0) is 11.4 Å². The first-order chi connectivity index (χ1) is 18.3. The number of benzene rings is 3. The maximum absolute atomic E-state index is 13.6. The summed E-state index contributed by atoms with van der Waals surface area (Å²) >= 11 is 3.55. The smallest absolute Gasteiger partial charge is 0.161 e. The van der Waals surface area contributed by atoms with E-state index in [2.05, 4.69) is 34.1 Å². The van der Waals surface area contributed by atoms with Crippen LogP contribution < -0.4 is 15.4 Å². The van der Waals surface area contributed by atoms with Crippen molar-refractivity contribution in [3.63, 3.8) is 0 Å². The number of para-hydroxylation sites is 1. The molecule has 0 radical (unpaired) electrons. The Labute approximate surface area is 232 Å². The van der Waals surface area contributed by atoms with Crippen LogP contribution in [-0.4, -0.2) is 5.78 Å². The highest BCUT2D eigenvalue weighted by Crippen LogP contribution is 2.47. The van der Waals surface area contributed by atoms with E-state index in [-0.39, 0.29) is 5.78 Å². The number of nitrogens with zero attached hydrogens (tertiary/aromatic N) is 2. The van der Waals surface area contributed by atoms with Gasteiger partial charge in [0.1, 0.15) is 18.2 Å². The lowest BCUT2D eigenvalue weighted by Gasteiger charge is -2.40. The molecular weight excluding hydrogens is 538 g/mol. The van der Waals surface area contributed by atoms with Crippen LogP contribution in [0.25, 0.3) is 0 Å². The van der Waals surface area contributed by atoms with Gasteiger partial charge in [0.05, 0.1) is 22.0 Å². The van der Waals surface area contributed by atoms with Gasteiger partial charge in [-0.3, -0.25) is 9.69 Å². The van der Waals surface area contributed by atoms with Crippen molar-refractivity contribution in [3.05, 3.63) is 116 Å². The molecule has 0 aromatic heterocycles. The van der Waals surface area contributed by atoms with Gasteiger partial charge in [-0.15, -0.1) is 0 Å². The molecule has 1 atom stereocenters. The summed E-state index contributed by atoms with van der Waals surface area (Å²) in [6, 6.07) is 22.4. The number of carbonyl (C=O) groups excluding carboxylic acids is 1. The summed E-state index contributed by atoms with van der Waals surface area (Å²) in [7, 11) is 0. The van der Waals surface area contributed by atoms with E-state index in [4.69, 9.17) is 10.5 Å². The molecule has 192 valence electrons. The first-order valence-corrected chi connectivity index (χ1v) is 13.6. The van der Waals surface area contributed by atoms with Gasteiger partial charge < -0.3 is 10.5 Å². The number of ether oxygens (including phenoxy) is 1. The SMILES string of the molecule is Cc1cccc(N2C(N)=C(C#N)C(c3cc(C)cc(COc4ccccc4Br)c3C)C3=C2CCCC3=O)c1. The summed E-state index contributed by atoms with van der Waals surface area (Å²) < 4.78 is 7.04. The lowest BCUT2D eigenvalue weighted by Crippen LogP contribution is -2.39. The second-order valence-electron chi connectivity index (χ2n) is 10.0. The maximum atomic E-state index is 13.6. The molecule has 2 aliphatic rings. The number of ketones is 1. The largest absolute Gasteiger partial charge is 0.488 e. The molecule has 5 nitrogen and oxygen atoms in total. The summed E-state index contributed by atoms with van der Waals surface area (Å²) in [6.07, 6.45) is 1.96. The van der Waals surface area contributed by atoms with Crippen molar-refractivity contribution in [1.82, 2.24) is 0 Å². The Balaban J connectivity index is 1.65. The molecule has 1 aliphatic heterocycles. The van der Waals surface area contributed by atoms with Gasteiger partial charge in [-0.1, -0.05) is 42.0 Å². The first kappa shape index (κ1) is 25.8. The highest BCUT2D eigenvalue weighted by molar-refractivity contribution is 9.10. The zero-order chi connectivity index (χ0) is 27.0. The molecule has 5 rings (SSSR count). The van der Waals surface area contributed by atoms with Gasteiger partial charge in [-0.25, -0.2) is 0 Å². The summed E-state index contributed by atoms with van der Waals surface area (Å²) in [4.78, 5) is 15.5. The Morgan fingerprint density at radius 3 is 2.58 bits per heavy atom. The normalized spacial score (nSPS) is 17.4. The Kier molecular flexibility index (Phi) is 7.14. The van der Waals surface area contributed by atoms with E-state index >= 15 is 0 Å². The monoisotopic (exact) mass is 567 g/mol. The molecule has 0 bridgehead atoms. The van der Waals surface area contributed by atoms with Crippen LogP contribution >= 0.6 is 15.9 Å². The molecule has 1 heterocycles. The summed E-state index contributed by atoms with van der Waals surface area (Å²) in [6.45, 7) is 6.46. The van der Waals surface area contributed by atoms with Crippen LogP contribution in [0.2, 0.25) is 0 Å². The third-order valence-corrected chi connectivity index (χ3v) is 8.06. The fourth-order valence-corrected chi connectivity index (χ4v) is 5.99. The van der Waals surface area contributed by atoms with Gasteiger partial charge in [0.2, 0.25) is 0 Å². The Bertz CT molecular complexity index is 1550. The van der Waals surface area contributed by atoms with E-state index in [0.717, 1.165) is 62.3 Å². The molecule has 0 saturated heterocycles. The number of nitriles is 1. The van der Waals surface area contributed by atoms with E-state index < -0.39 is 5.92 Å². The number of allylic oxidation sites excluding steroid dienone is 3. The number of halogens is 1. The molecule has 0 saturated carbocycles. The molecule has 1 unspecified atom stereocenters. The van der Waals surface area contributed by atoms with Crippen LogP contribution in [0.3, 0.4) is 0 Å². The number of hydrogen-bond donors (Lipinski definition) is 1. The number of aryl methyl sites for hydroxylation is 2. The van der Waals surface area contributed by atoms with Crippen LogP contribution in [0.4, 0.5) is 5.69 Å². The van der Waals surface area contributed by atoms with Crippen LogP contribution in [0.15, 0.2) is 87.8 Å². The minimum Gasteiger partial charge on any atom is -0.488 e. The second kappa shape index (κ2) is 10.5. The Hall–Kier alpha value is -3.82. The second-order valence-corrected chi connectivity index (χ2v) is 10.9.